The van der Waals surface area contributed by atoms with E-state index in [-0.39, 0.29) is 24.4 Å². The molecule has 2 aromatic carbocycles. The summed E-state index contributed by atoms with van der Waals surface area (Å²) in [4.78, 5) is 14.6. The molecule has 140 valence electrons. The molecule has 26 heavy (non-hydrogen) atoms. The maximum Gasteiger partial charge on any atom is 0.239 e. The fraction of sp³-hybridized carbons (Fsp3) is 0.350. The van der Waals surface area contributed by atoms with Gasteiger partial charge in [0.15, 0.2) is 11.5 Å². The van der Waals surface area contributed by atoms with Crippen molar-refractivity contribution in [3.05, 3.63) is 59.2 Å². The lowest BCUT2D eigenvalue weighted by atomic mass is 9.87. The van der Waals surface area contributed by atoms with E-state index in [4.69, 9.17) is 15.2 Å². The van der Waals surface area contributed by atoms with Gasteiger partial charge in [-0.25, -0.2) is 0 Å². The number of hydrogen-bond acceptors (Lipinski definition) is 4. The van der Waals surface area contributed by atoms with Crippen LogP contribution in [-0.4, -0.2) is 37.6 Å². The van der Waals surface area contributed by atoms with Crippen molar-refractivity contribution in [3.8, 4) is 11.5 Å². The lowest BCUT2D eigenvalue weighted by Crippen LogP contribution is -2.47. The van der Waals surface area contributed by atoms with Crippen LogP contribution in [-0.2, 0) is 11.2 Å². The number of halogens is 1. The Morgan fingerprint density at radius 1 is 1.15 bits per heavy atom. The third-order valence-corrected chi connectivity index (χ3v) is 4.66. The number of carbonyl (C=O) groups is 1. The highest BCUT2D eigenvalue weighted by molar-refractivity contribution is 5.85. The van der Waals surface area contributed by atoms with Crippen LogP contribution in [0.25, 0.3) is 0 Å². The maximum atomic E-state index is 12.7. The van der Waals surface area contributed by atoms with Crippen LogP contribution in [0, 0.1) is 0 Å². The van der Waals surface area contributed by atoms with Crippen LogP contribution in [0.5, 0.6) is 11.5 Å². The van der Waals surface area contributed by atoms with Gasteiger partial charge in [0, 0.05) is 6.54 Å². The van der Waals surface area contributed by atoms with Gasteiger partial charge in [-0.05, 0) is 42.2 Å². The zero-order valence-electron chi connectivity index (χ0n) is 15.3. The molecule has 0 radical (unpaired) electrons. The molecule has 1 unspecified atom stereocenters. The van der Waals surface area contributed by atoms with E-state index in [0.717, 1.165) is 17.5 Å². The number of methoxy groups -OCH3 is 2. The van der Waals surface area contributed by atoms with Crippen molar-refractivity contribution in [1.29, 1.82) is 0 Å². The van der Waals surface area contributed by atoms with E-state index in [0.29, 0.717) is 18.0 Å². The summed E-state index contributed by atoms with van der Waals surface area (Å²) in [5.74, 6) is 1.33. The van der Waals surface area contributed by atoms with E-state index in [1.165, 1.54) is 5.56 Å². The molecular formula is C20H25ClN2O3. The van der Waals surface area contributed by atoms with E-state index < -0.39 is 6.04 Å². The molecule has 2 N–H and O–H groups in total. The van der Waals surface area contributed by atoms with Crippen molar-refractivity contribution >= 4 is 18.3 Å². The number of amides is 1. The first-order valence-electron chi connectivity index (χ1n) is 8.42. The number of rotatable bonds is 4. The molecule has 1 amide bonds. The number of benzene rings is 2. The summed E-state index contributed by atoms with van der Waals surface area (Å²) in [7, 11) is 3.25. The first-order valence-corrected chi connectivity index (χ1v) is 8.42. The zero-order valence-corrected chi connectivity index (χ0v) is 16.1. The highest BCUT2D eigenvalue weighted by Crippen LogP contribution is 2.41. The topological polar surface area (TPSA) is 64.8 Å². The normalized spacial score (nSPS) is 16.9. The predicted molar refractivity (Wildman–Crippen MR) is 104 cm³/mol. The molecule has 3 rings (SSSR count). The minimum absolute atomic E-state index is 0. The van der Waals surface area contributed by atoms with E-state index in [9.17, 15) is 4.79 Å². The van der Waals surface area contributed by atoms with Crippen LogP contribution in [0.15, 0.2) is 42.5 Å². The van der Waals surface area contributed by atoms with Gasteiger partial charge >= 0.3 is 0 Å². The molecule has 0 aromatic heterocycles. The molecule has 1 aliphatic rings. The second-order valence-corrected chi connectivity index (χ2v) is 6.29. The van der Waals surface area contributed by atoms with Gasteiger partial charge in [-0.2, -0.15) is 0 Å². The smallest absolute Gasteiger partial charge is 0.239 e. The van der Waals surface area contributed by atoms with E-state index in [1.54, 1.807) is 21.1 Å². The summed E-state index contributed by atoms with van der Waals surface area (Å²) in [6, 6.07) is 13.3. The first-order chi connectivity index (χ1) is 12.1. The van der Waals surface area contributed by atoms with E-state index in [1.807, 2.05) is 47.4 Å². The fourth-order valence-corrected chi connectivity index (χ4v) is 3.44. The third kappa shape index (κ3) is 3.64. The Bertz CT molecular complexity index is 765. The van der Waals surface area contributed by atoms with Crippen LogP contribution < -0.4 is 15.2 Å². The van der Waals surface area contributed by atoms with Gasteiger partial charge in [0.05, 0.1) is 26.3 Å². The molecule has 0 saturated heterocycles. The Kier molecular flexibility index (Phi) is 6.51. The maximum absolute atomic E-state index is 12.7. The molecule has 0 saturated carbocycles. The summed E-state index contributed by atoms with van der Waals surface area (Å²) < 4.78 is 10.9. The lowest BCUT2D eigenvalue weighted by Gasteiger charge is -2.39. The molecule has 0 bridgehead atoms. The lowest BCUT2D eigenvalue weighted by molar-refractivity contribution is -0.134. The number of nitrogens with two attached hydrogens (primary N) is 1. The monoisotopic (exact) mass is 376 g/mol. The number of carbonyl (C=O) groups excluding carboxylic acids is 1. The molecule has 0 fully saturated rings. The fourth-order valence-electron chi connectivity index (χ4n) is 3.44. The summed E-state index contributed by atoms with van der Waals surface area (Å²) in [6.07, 6.45) is 0.761. The number of nitrogens with zero attached hydrogens (tertiary/aromatic N) is 1. The number of hydrogen-bond donors (Lipinski definition) is 1. The van der Waals surface area contributed by atoms with Crippen LogP contribution in [0.4, 0.5) is 0 Å². The van der Waals surface area contributed by atoms with Crippen LogP contribution >= 0.6 is 12.4 Å². The summed E-state index contributed by atoms with van der Waals surface area (Å²) in [5, 5.41) is 0. The average molecular weight is 377 g/mol. The van der Waals surface area contributed by atoms with Crippen LogP contribution in [0.1, 0.15) is 29.7 Å². The second kappa shape index (κ2) is 8.43. The minimum atomic E-state index is -0.534. The molecule has 2 atom stereocenters. The van der Waals surface area contributed by atoms with Crippen molar-refractivity contribution in [2.24, 2.45) is 5.73 Å². The number of ether oxygens (including phenoxy) is 2. The van der Waals surface area contributed by atoms with Gasteiger partial charge in [-0.1, -0.05) is 30.3 Å². The van der Waals surface area contributed by atoms with Gasteiger partial charge < -0.3 is 20.1 Å². The molecule has 6 heteroatoms. The molecule has 2 aromatic rings. The van der Waals surface area contributed by atoms with Gasteiger partial charge in [0.25, 0.3) is 0 Å². The average Bonchev–Trinajstić information content (AvgIpc) is 2.65. The van der Waals surface area contributed by atoms with Crippen molar-refractivity contribution in [3.63, 3.8) is 0 Å². The summed E-state index contributed by atoms with van der Waals surface area (Å²) >= 11 is 0. The van der Waals surface area contributed by atoms with Crippen LogP contribution in [0.2, 0.25) is 0 Å². The van der Waals surface area contributed by atoms with Crippen LogP contribution in [0.3, 0.4) is 0 Å². The van der Waals surface area contributed by atoms with Crippen molar-refractivity contribution in [2.45, 2.75) is 25.4 Å². The van der Waals surface area contributed by atoms with Gasteiger partial charge in [0.2, 0.25) is 5.91 Å². The Morgan fingerprint density at radius 2 is 1.77 bits per heavy atom. The standard InChI is InChI=1S/C20H24N2O3.ClH/c1-13(21)20(23)22-10-9-15-11-17(24-2)18(25-3)12-16(15)19(22)14-7-5-4-6-8-14;/h4-8,11-13,19H,9-10,21H2,1-3H3;1H/t13-,19?;/m1./s1. The molecular weight excluding hydrogens is 352 g/mol. The van der Waals surface area contributed by atoms with Crippen molar-refractivity contribution in [1.82, 2.24) is 4.90 Å². The van der Waals surface area contributed by atoms with Crippen molar-refractivity contribution in [2.75, 3.05) is 20.8 Å². The Labute approximate surface area is 160 Å². The first kappa shape index (κ1) is 20.1. The quantitative estimate of drug-likeness (QED) is 0.891. The van der Waals surface area contributed by atoms with Gasteiger partial charge in [0.1, 0.15) is 0 Å². The molecule has 1 heterocycles. The molecule has 1 aliphatic heterocycles. The third-order valence-electron chi connectivity index (χ3n) is 4.66. The zero-order chi connectivity index (χ0) is 18.0. The summed E-state index contributed by atoms with van der Waals surface area (Å²) in [5.41, 5.74) is 9.18. The second-order valence-electron chi connectivity index (χ2n) is 6.29. The highest BCUT2D eigenvalue weighted by Gasteiger charge is 2.34. The van der Waals surface area contributed by atoms with Crippen molar-refractivity contribution < 1.29 is 14.3 Å². The Hall–Kier alpha value is -2.24. The number of fused-ring (bicyclic) bond motifs is 1. The SMILES string of the molecule is COc1cc2c(cc1OC)C(c1ccccc1)N(C(=O)[C@@H](C)N)CC2.Cl. The Balaban J connectivity index is 0.00000243. The van der Waals surface area contributed by atoms with E-state index >= 15 is 0 Å². The Morgan fingerprint density at radius 3 is 2.35 bits per heavy atom. The highest BCUT2D eigenvalue weighted by atomic mass is 35.5. The summed E-state index contributed by atoms with van der Waals surface area (Å²) in [6.45, 7) is 2.36. The molecule has 0 aliphatic carbocycles. The van der Waals surface area contributed by atoms with E-state index in [2.05, 4.69) is 0 Å². The predicted octanol–water partition coefficient (Wildman–Crippen LogP) is 2.95. The van der Waals surface area contributed by atoms with Gasteiger partial charge in [-0.3, -0.25) is 4.79 Å². The molecule has 5 nitrogen and oxygen atoms in total. The largest absolute Gasteiger partial charge is 0.493 e. The van der Waals surface area contributed by atoms with Gasteiger partial charge in [-0.15, -0.1) is 12.4 Å². The minimum Gasteiger partial charge on any atom is -0.493 e. The molecule has 0 spiro atoms.